The van der Waals surface area contributed by atoms with Crippen LogP contribution in [0.5, 0.6) is 0 Å². The SMILES string of the molecule is O=C(/C=C/c1ccc(N2CCCS2(=O)=O)cc1)N1CCCC1c1nc2ccccc2s1. The molecule has 0 spiro atoms. The average molecular weight is 454 g/mol. The molecule has 0 aliphatic carbocycles. The summed E-state index contributed by atoms with van der Waals surface area (Å²) in [6.45, 7) is 1.26. The second-order valence-electron chi connectivity index (χ2n) is 7.88. The van der Waals surface area contributed by atoms with Gasteiger partial charge in [0.2, 0.25) is 15.9 Å². The fourth-order valence-electron chi connectivity index (χ4n) is 4.26. The molecule has 2 aliphatic heterocycles. The average Bonchev–Trinajstić information content (AvgIpc) is 3.49. The molecule has 0 bridgehead atoms. The number of carbonyl (C=O) groups is 1. The monoisotopic (exact) mass is 453 g/mol. The first-order valence-corrected chi connectivity index (χ1v) is 12.9. The highest BCUT2D eigenvalue weighted by molar-refractivity contribution is 7.93. The van der Waals surface area contributed by atoms with E-state index in [9.17, 15) is 13.2 Å². The summed E-state index contributed by atoms with van der Waals surface area (Å²) in [6, 6.07) is 15.4. The molecule has 0 N–H and O–H groups in total. The van der Waals surface area contributed by atoms with Crippen molar-refractivity contribution < 1.29 is 13.2 Å². The second kappa shape index (κ2) is 8.09. The van der Waals surface area contributed by atoms with Gasteiger partial charge in [0, 0.05) is 19.2 Å². The first kappa shape index (κ1) is 20.2. The zero-order valence-corrected chi connectivity index (χ0v) is 18.6. The van der Waals surface area contributed by atoms with Crippen LogP contribution in [0.3, 0.4) is 0 Å². The normalized spacial score (nSPS) is 20.8. The van der Waals surface area contributed by atoms with Crippen molar-refractivity contribution in [3.63, 3.8) is 0 Å². The molecule has 1 amide bonds. The standard InChI is InChI=1S/C23H23N3O3S2/c27-22(13-10-17-8-11-18(12-9-17)26-15-4-16-31(26,28)29)25-14-3-6-20(25)23-24-19-5-1-2-7-21(19)30-23/h1-2,5,7-13,20H,3-4,6,14-16H2/b13-10+. The number of thiazole rings is 1. The maximum absolute atomic E-state index is 12.9. The molecule has 2 saturated heterocycles. The lowest BCUT2D eigenvalue weighted by Gasteiger charge is -2.21. The number of aromatic nitrogens is 1. The molecule has 1 unspecified atom stereocenters. The van der Waals surface area contributed by atoms with Crippen LogP contribution in [0.25, 0.3) is 16.3 Å². The Balaban J connectivity index is 1.30. The topological polar surface area (TPSA) is 70.6 Å². The molecule has 1 aromatic heterocycles. The number of fused-ring (bicyclic) bond motifs is 1. The molecule has 0 saturated carbocycles. The number of carbonyl (C=O) groups excluding carboxylic acids is 1. The van der Waals surface area contributed by atoms with E-state index < -0.39 is 10.0 Å². The highest BCUT2D eigenvalue weighted by Gasteiger charge is 2.31. The van der Waals surface area contributed by atoms with Crippen LogP contribution in [0.2, 0.25) is 0 Å². The summed E-state index contributed by atoms with van der Waals surface area (Å²) in [7, 11) is -3.18. The summed E-state index contributed by atoms with van der Waals surface area (Å²) in [5.74, 6) is 0.183. The lowest BCUT2D eigenvalue weighted by Crippen LogP contribution is -2.28. The lowest BCUT2D eigenvalue weighted by molar-refractivity contribution is -0.126. The van der Waals surface area contributed by atoms with Crippen LogP contribution in [0.4, 0.5) is 5.69 Å². The van der Waals surface area contributed by atoms with Gasteiger partial charge in [-0.15, -0.1) is 11.3 Å². The third-order valence-corrected chi connectivity index (χ3v) is 8.84. The Hall–Kier alpha value is -2.71. The Morgan fingerprint density at radius 1 is 1.06 bits per heavy atom. The summed E-state index contributed by atoms with van der Waals surface area (Å²) in [5, 5.41) is 0.997. The molecular weight excluding hydrogens is 430 g/mol. The third kappa shape index (κ3) is 3.97. The number of hydrogen-bond acceptors (Lipinski definition) is 5. The number of sulfonamides is 1. The van der Waals surface area contributed by atoms with Gasteiger partial charge in [0.25, 0.3) is 0 Å². The van der Waals surface area contributed by atoms with Crippen molar-refractivity contribution in [3.05, 3.63) is 65.2 Å². The molecule has 3 heterocycles. The minimum Gasteiger partial charge on any atom is -0.330 e. The van der Waals surface area contributed by atoms with Crippen molar-refractivity contribution >= 4 is 49.2 Å². The molecule has 5 rings (SSSR count). The van der Waals surface area contributed by atoms with E-state index >= 15 is 0 Å². The van der Waals surface area contributed by atoms with Crippen molar-refractivity contribution in [2.45, 2.75) is 25.3 Å². The van der Waals surface area contributed by atoms with Crippen LogP contribution in [0, 0.1) is 0 Å². The van der Waals surface area contributed by atoms with Gasteiger partial charge in [0.05, 0.1) is 27.7 Å². The van der Waals surface area contributed by atoms with Gasteiger partial charge in [-0.05, 0) is 55.2 Å². The summed E-state index contributed by atoms with van der Waals surface area (Å²) >= 11 is 1.66. The number of para-hydroxylation sites is 1. The van der Waals surface area contributed by atoms with E-state index in [4.69, 9.17) is 4.98 Å². The molecule has 6 nitrogen and oxygen atoms in total. The van der Waals surface area contributed by atoms with Crippen LogP contribution in [-0.2, 0) is 14.8 Å². The fraction of sp³-hybridized carbons (Fsp3) is 0.304. The zero-order valence-electron chi connectivity index (χ0n) is 17.0. The van der Waals surface area contributed by atoms with Crippen LogP contribution in [-0.4, -0.2) is 43.1 Å². The van der Waals surface area contributed by atoms with Gasteiger partial charge in [-0.2, -0.15) is 0 Å². The maximum atomic E-state index is 12.9. The maximum Gasteiger partial charge on any atom is 0.247 e. The molecule has 3 aromatic rings. The highest BCUT2D eigenvalue weighted by atomic mass is 32.2. The molecule has 2 aromatic carbocycles. The molecule has 8 heteroatoms. The van der Waals surface area contributed by atoms with Crippen LogP contribution in [0.15, 0.2) is 54.6 Å². The summed E-state index contributed by atoms with van der Waals surface area (Å²) in [6.07, 6.45) is 5.95. The van der Waals surface area contributed by atoms with Gasteiger partial charge >= 0.3 is 0 Å². The third-order valence-electron chi connectivity index (χ3n) is 5.83. The Morgan fingerprint density at radius 3 is 2.61 bits per heavy atom. The number of rotatable bonds is 4. The van der Waals surface area contributed by atoms with E-state index in [2.05, 4.69) is 6.07 Å². The van der Waals surface area contributed by atoms with Crippen molar-refractivity contribution in [2.75, 3.05) is 23.1 Å². The molecule has 2 aliphatic rings. The largest absolute Gasteiger partial charge is 0.330 e. The van der Waals surface area contributed by atoms with Crippen molar-refractivity contribution in [2.24, 2.45) is 0 Å². The summed E-state index contributed by atoms with van der Waals surface area (Å²) in [4.78, 5) is 19.6. The molecule has 160 valence electrons. The fourth-order valence-corrected chi connectivity index (χ4v) is 6.94. The predicted octanol–water partition coefficient (Wildman–Crippen LogP) is 4.21. The zero-order chi connectivity index (χ0) is 21.4. The molecule has 0 radical (unpaired) electrons. The van der Waals surface area contributed by atoms with Crippen molar-refractivity contribution in [1.82, 2.24) is 9.88 Å². The Bertz CT molecular complexity index is 1220. The number of hydrogen-bond donors (Lipinski definition) is 0. The van der Waals surface area contributed by atoms with E-state index in [1.54, 1.807) is 35.6 Å². The van der Waals surface area contributed by atoms with E-state index in [0.29, 0.717) is 18.7 Å². The van der Waals surface area contributed by atoms with Gasteiger partial charge in [0.1, 0.15) is 5.01 Å². The van der Waals surface area contributed by atoms with Crippen molar-refractivity contribution in [1.29, 1.82) is 0 Å². The van der Waals surface area contributed by atoms with Crippen LogP contribution >= 0.6 is 11.3 Å². The summed E-state index contributed by atoms with van der Waals surface area (Å²) in [5.41, 5.74) is 2.53. The number of nitrogens with zero attached hydrogens (tertiary/aromatic N) is 3. The van der Waals surface area contributed by atoms with E-state index in [1.807, 2.05) is 35.2 Å². The Morgan fingerprint density at radius 2 is 1.87 bits per heavy atom. The molecule has 2 fully saturated rings. The minimum absolute atomic E-state index is 0.0204. The predicted molar refractivity (Wildman–Crippen MR) is 125 cm³/mol. The van der Waals surface area contributed by atoms with Gasteiger partial charge < -0.3 is 4.90 Å². The van der Waals surface area contributed by atoms with E-state index in [0.717, 1.165) is 40.2 Å². The lowest BCUT2D eigenvalue weighted by atomic mass is 10.2. The van der Waals surface area contributed by atoms with E-state index in [1.165, 1.54) is 4.31 Å². The van der Waals surface area contributed by atoms with E-state index in [-0.39, 0.29) is 17.7 Å². The quantitative estimate of drug-likeness (QED) is 0.555. The Kier molecular flexibility index (Phi) is 5.27. The molecule has 31 heavy (non-hydrogen) atoms. The second-order valence-corrected chi connectivity index (χ2v) is 11.0. The number of amides is 1. The van der Waals surface area contributed by atoms with Gasteiger partial charge in [-0.25, -0.2) is 13.4 Å². The number of likely N-dealkylation sites (tertiary alicyclic amines) is 1. The number of benzene rings is 2. The van der Waals surface area contributed by atoms with Crippen molar-refractivity contribution in [3.8, 4) is 0 Å². The summed E-state index contributed by atoms with van der Waals surface area (Å²) < 4.78 is 26.7. The van der Waals surface area contributed by atoms with Gasteiger partial charge in [0.15, 0.2) is 0 Å². The first-order chi connectivity index (χ1) is 15.0. The minimum atomic E-state index is -3.18. The smallest absolute Gasteiger partial charge is 0.247 e. The van der Waals surface area contributed by atoms with Gasteiger partial charge in [-0.1, -0.05) is 24.3 Å². The number of anilines is 1. The van der Waals surface area contributed by atoms with Crippen LogP contribution in [0.1, 0.15) is 35.9 Å². The Labute approximate surface area is 185 Å². The molecule has 1 atom stereocenters. The van der Waals surface area contributed by atoms with Gasteiger partial charge in [-0.3, -0.25) is 9.10 Å². The molecular formula is C23H23N3O3S2. The highest BCUT2D eigenvalue weighted by Crippen LogP contribution is 2.36. The first-order valence-electron chi connectivity index (χ1n) is 10.5. The van der Waals surface area contributed by atoms with Crippen LogP contribution < -0.4 is 4.31 Å².